The molecule has 2 fully saturated rings. The lowest BCUT2D eigenvalue weighted by atomic mass is 10.2. The highest BCUT2D eigenvalue weighted by atomic mass is 32.2. The Hall–Kier alpha value is -0.630. The molecule has 0 unspecified atom stereocenters. The predicted octanol–water partition coefficient (Wildman–Crippen LogP) is 2.16. The van der Waals surface area contributed by atoms with Crippen LogP contribution in [0.15, 0.2) is 0 Å². The van der Waals surface area contributed by atoms with E-state index in [0.29, 0.717) is 24.9 Å². The second kappa shape index (κ2) is 7.09. The number of nitrogens with zero attached hydrogens (tertiary/aromatic N) is 2. The first kappa shape index (κ1) is 16.7. The minimum absolute atomic E-state index is 0.152. The fourth-order valence-electron chi connectivity index (χ4n) is 2.76. The number of carbonyl (C=O) groups excluding carboxylic acids is 1. The molecule has 122 valence electrons. The summed E-state index contributed by atoms with van der Waals surface area (Å²) >= 11 is 1.87. The van der Waals surface area contributed by atoms with Crippen molar-refractivity contribution in [3.63, 3.8) is 0 Å². The summed E-state index contributed by atoms with van der Waals surface area (Å²) in [5.41, 5.74) is 0. The number of amides is 2. The molecular formula is C13H22F3N3OS. The molecule has 4 nitrogen and oxygen atoms in total. The van der Waals surface area contributed by atoms with Gasteiger partial charge in [0, 0.05) is 37.5 Å². The molecule has 8 heteroatoms. The fraction of sp³-hybridized carbons (Fsp3) is 0.923. The highest BCUT2D eigenvalue weighted by Gasteiger charge is 2.36. The van der Waals surface area contributed by atoms with Gasteiger partial charge in [-0.15, -0.1) is 0 Å². The minimum Gasteiger partial charge on any atom is -0.337 e. The van der Waals surface area contributed by atoms with E-state index in [4.69, 9.17) is 0 Å². The summed E-state index contributed by atoms with van der Waals surface area (Å²) in [6.07, 6.45) is -1.86. The van der Waals surface area contributed by atoms with Gasteiger partial charge in [-0.25, -0.2) is 4.79 Å². The molecule has 0 aromatic rings. The third-order valence-electron chi connectivity index (χ3n) is 3.94. The maximum atomic E-state index is 12.4. The number of rotatable bonds is 3. The quantitative estimate of drug-likeness (QED) is 0.864. The summed E-state index contributed by atoms with van der Waals surface area (Å²) in [4.78, 5) is 15.1. The van der Waals surface area contributed by atoms with E-state index in [2.05, 4.69) is 5.32 Å². The Morgan fingerprint density at radius 1 is 1.38 bits per heavy atom. The van der Waals surface area contributed by atoms with Crippen molar-refractivity contribution in [1.82, 2.24) is 15.1 Å². The first-order valence-electron chi connectivity index (χ1n) is 7.30. The average Bonchev–Trinajstić information content (AvgIpc) is 2.90. The molecule has 2 heterocycles. The molecule has 2 atom stereocenters. The van der Waals surface area contributed by atoms with E-state index in [0.717, 1.165) is 12.2 Å². The van der Waals surface area contributed by atoms with Gasteiger partial charge in [-0.3, -0.25) is 4.90 Å². The van der Waals surface area contributed by atoms with Gasteiger partial charge in [0.2, 0.25) is 0 Å². The van der Waals surface area contributed by atoms with E-state index < -0.39 is 12.7 Å². The molecule has 0 spiro atoms. The van der Waals surface area contributed by atoms with Gasteiger partial charge in [-0.2, -0.15) is 24.9 Å². The van der Waals surface area contributed by atoms with Gasteiger partial charge in [0.15, 0.2) is 0 Å². The summed E-state index contributed by atoms with van der Waals surface area (Å²) in [5, 5.41) is 3.39. The average molecular weight is 325 g/mol. The molecule has 21 heavy (non-hydrogen) atoms. The fourth-order valence-corrected chi connectivity index (χ4v) is 3.96. The second-order valence-corrected chi connectivity index (χ2v) is 7.11. The standard InChI is InChI=1S/C13H22F3N3OS/c1-10-8-18(4-5-19(10)9-13(14,15)16)12(20)17-7-11-3-2-6-21-11/h10-11H,2-9H2,1H3,(H,17,20)/t10-,11-/m1/s1. The van der Waals surface area contributed by atoms with E-state index in [1.807, 2.05) is 11.8 Å². The molecule has 1 N–H and O–H groups in total. The molecule has 0 bridgehead atoms. The van der Waals surface area contributed by atoms with Crippen LogP contribution in [-0.4, -0.2) is 71.8 Å². The van der Waals surface area contributed by atoms with Gasteiger partial charge in [-0.05, 0) is 25.5 Å². The number of carbonyl (C=O) groups is 1. The van der Waals surface area contributed by atoms with Crippen LogP contribution in [0.5, 0.6) is 0 Å². The number of piperazine rings is 1. The summed E-state index contributed by atoms with van der Waals surface area (Å²) < 4.78 is 37.3. The van der Waals surface area contributed by atoms with Crippen LogP contribution in [0.4, 0.5) is 18.0 Å². The van der Waals surface area contributed by atoms with Crippen LogP contribution in [0.2, 0.25) is 0 Å². The van der Waals surface area contributed by atoms with E-state index in [1.165, 1.54) is 11.3 Å². The van der Waals surface area contributed by atoms with Gasteiger partial charge in [0.05, 0.1) is 6.54 Å². The van der Waals surface area contributed by atoms with E-state index >= 15 is 0 Å². The van der Waals surface area contributed by atoms with Crippen LogP contribution < -0.4 is 5.32 Å². The van der Waals surface area contributed by atoms with Crippen LogP contribution in [0.3, 0.4) is 0 Å². The Bertz CT molecular complexity index is 361. The largest absolute Gasteiger partial charge is 0.401 e. The van der Waals surface area contributed by atoms with E-state index in [-0.39, 0.29) is 18.6 Å². The van der Waals surface area contributed by atoms with Crippen molar-refractivity contribution >= 4 is 17.8 Å². The first-order chi connectivity index (χ1) is 9.85. The van der Waals surface area contributed by atoms with Crippen molar-refractivity contribution in [3.05, 3.63) is 0 Å². The molecule has 0 saturated carbocycles. The highest BCUT2D eigenvalue weighted by Crippen LogP contribution is 2.25. The van der Waals surface area contributed by atoms with Crippen molar-refractivity contribution in [2.45, 2.75) is 37.2 Å². The molecule has 0 radical (unpaired) electrons. The minimum atomic E-state index is -4.18. The van der Waals surface area contributed by atoms with Crippen molar-refractivity contribution < 1.29 is 18.0 Å². The molecule has 2 saturated heterocycles. The number of hydrogen-bond acceptors (Lipinski definition) is 3. The Labute approximate surface area is 127 Å². The Kier molecular flexibility index (Phi) is 5.65. The third kappa shape index (κ3) is 5.25. The zero-order valence-corrected chi connectivity index (χ0v) is 13.0. The molecule has 2 aliphatic rings. The van der Waals surface area contributed by atoms with Crippen LogP contribution in [0.1, 0.15) is 19.8 Å². The second-order valence-electron chi connectivity index (χ2n) is 5.70. The van der Waals surface area contributed by atoms with Gasteiger partial charge in [0.25, 0.3) is 0 Å². The van der Waals surface area contributed by atoms with Crippen molar-refractivity contribution in [1.29, 1.82) is 0 Å². The summed E-state index contributed by atoms with van der Waals surface area (Å²) in [6.45, 7) is 2.46. The number of alkyl halides is 3. The van der Waals surface area contributed by atoms with Crippen molar-refractivity contribution in [2.24, 2.45) is 0 Å². The van der Waals surface area contributed by atoms with Gasteiger partial charge >= 0.3 is 12.2 Å². The Morgan fingerprint density at radius 3 is 2.71 bits per heavy atom. The first-order valence-corrected chi connectivity index (χ1v) is 8.35. The molecule has 0 aromatic carbocycles. The number of halogens is 3. The van der Waals surface area contributed by atoms with Crippen LogP contribution in [-0.2, 0) is 0 Å². The van der Waals surface area contributed by atoms with E-state index in [1.54, 1.807) is 11.8 Å². The molecular weight excluding hydrogens is 303 g/mol. The molecule has 2 amide bonds. The highest BCUT2D eigenvalue weighted by molar-refractivity contribution is 8.00. The SMILES string of the molecule is C[C@@H]1CN(C(=O)NC[C@H]2CCCS2)CCN1CC(F)(F)F. The Morgan fingerprint density at radius 2 is 2.14 bits per heavy atom. The van der Waals surface area contributed by atoms with E-state index in [9.17, 15) is 18.0 Å². The lowest BCUT2D eigenvalue weighted by molar-refractivity contribution is -0.153. The van der Waals surface area contributed by atoms with Crippen molar-refractivity contribution in [3.8, 4) is 0 Å². The zero-order valence-electron chi connectivity index (χ0n) is 12.2. The normalized spacial score (nSPS) is 27.9. The molecule has 0 aliphatic carbocycles. The number of hydrogen-bond donors (Lipinski definition) is 1. The number of nitrogens with one attached hydrogen (secondary N) is 1. The lowest BCUT2D eigenvalue weighted by Crippen LogP contribution is -2.57. The topological polar surface area (TPSA) is 35.6 Å². The number of thioether (sulfide) groups is 1. The predicted molar refractivity (Wildman–Crippen MR) is 77.5 cm³/mol. The van der Waals surface area contributed by atoms with Crippen molar-refractivity contribution in [2.75, 3.05) is 38.5 Å². The molecule has 0 aromatic heterocycles. The monoisotopic (exact) mass is 325 g/mol. The van der Waals surface area contributed by atoms with Crippen LogP contribution in [0.25, 0.3) is 0 Å². The number of urea groups is 1. The lowest BCUT2D eigenvalue weighted by Gasteiger charge is -2.40. The van der Waals surface area contributed by atoms with Crippen LogP contribution >= 0.6 is 11.8 Å². The smallest absolute Gasteiger partial charge is 0.337 e. The van der Waals surface area contributed by atoms with Gasteiger partial charge in [0.1, 0.15) is 0 Å². The summed E-state index contributed by atoms with van der Waals surface area (Å²) in [6, 6.07) is -0.423. The maximum Gasteiger partial charge on any atom is 0.401 e. The molecule has 2 rings (SSSR count). The molecule has 2 aliphatic heterocycles. The Balaban J connectivity index is 1.74. The summed E-state index contributed by atoms with van der Waals surface area (Å²) in [5.74, 6) is 1.15. The third-order valence-corrected chi connectivity index (χ3v) is 5.34. The maximum absolute atomic E-state index is 12.4. The zero-order chi connectivity index (χ0) is 15.5. The van der Waals surface area contributed by atoms with Gasteiger partial charge in [-0.1, -0.05) is 0 Å². The summed E-state index contributed by atoms with van der Waals surface area (Å²) in [7, 11) is 0. The van der Waals surface area contributed by atoms with Gasteiger partial charge < -0.3 is 10.2 Å². The van der Waals surface area contributed by atoms with Crippen LogP contribution in [0, 0.1) is 0 Å².